The molecule has 2 fully saturated rings. The first-order valence-corrected chi connectivity index (χ1v) is 12.4. The first-order valence-electron chi connectivity index (χ1n) is 8.21. The van der Waals surface area contributed by atoms with E-state index in [1.165, 1.54) is 76.7 Å². The van der Waals surface area contributed by atoms with Crippen molar-refractivity contribution in [2.75, 3.05) is 0 Å². The summed E-state index contributed by atoms with van der Waals surface area (Å²) in [4.78, 5) is 0. The molecule has 0 nitrogen and oxygen atoms in total. The Morgan fingerprint density at radius 2 is 1.50 bits per heavy atom. The minimum Gasteiger partial charge on any atom is -0.168 e. The average Bonchev–Trinajstić information content (AvgIpc) is 2.38. The Hall–Kier alpha value is 0.507. The summed E-state index contributed by atoms with van der Waals surface area (Å²) in [6, 6.07) is 1.34. The summed E-state index contributed by atoms with van der Waals surface area (Å²) in [5, 5.41) is 0. The fraction of sp³-hybridized carbons (Fsp3) is 1.00. The Kier molecular flexibility index (Phi) is 5.22. The monoisotopic (exact) mass is 286 g/mol. The summed E-state index contributed by atoms with van der Waals surface area (Å²) in [6.45, 7) is 4.65. The zero-order valence-electron chi connectivity index (χ0n) is 12.4. The molecule has 0 N–H and O–H groups in total. The van der Waals surface area contributed by atoms with Gasteiger partial charge < -0.3 is 0 Å². The van der Waals surface area contributed by atoms with Crippen LogP contribution in [0.5, 0.6) is 0 Å². The first kappa shape index (κ1) is 14.9. The quantitative estimate of drug-likeness (QED) is 0.417. The van der Waals surface area contributed by atoms with Crippen LogP contribution in [0.1, 0.15) is 70.6 Å². The summed E-state index contributed by atoms with van der Waals surface area (Å²) in [7, 11) is -1.38. The van der Waals surface area contributed by atoms with Crippen molar-refractivity contribution in [3.8, 4) is 0 Å². The smallest absolute Gasteiger partial charge is 0.150 e. The molecule has 106 valence electrons. The maximum absolute atomic E-state index is 6.59. The number of hydrogen-bond donors (Lipinski definition) is 0. The lowest BCUT2D eigenvalue weighted by Crippen LogP contribution is -2.36. The Morgan fingerprint density at radius 1 is 0.944 bits per heavy atom. The third-order valence-corrected chi connectivity index (χ3v) is 7.54. The molecule has 0 spiro atoms. The van der Waals surface area contributed by atoms with Gasteiger partial charge in [0.25, 0.3) is 0 Å². The van der Waals surface area contributed by atoms with Gasteiger partial charge in [-0.15, -0.1) is 0 Å². The van der Waals surface area contributed by atoms with E-state index in [-0.39, 0.29) is 0 Å². The largest absolute Gasteiger partial charge is 0.168 e. The van der Waals surface area contributed by atoms with E-state index in [1.807, 2.05) is 0 Å². The number of hydrogen-bond acceptors (Lipinski definition) is 0. The molecule has 2 aliphatic carbocycles. The molecule has 2 aliphatic rings. The first-order chi connectivity index (χ1) is 8.52. The topological polar surface area (TPSA) is 0 Å². The van der Waals surface area contributed by atoms with Gasteiger partial charge in [-0.05, 0) is 49.5 Å². The predicted octanol–water partition coefficient (Wildman–Crippen LogP) is 6.35. The maximum atomic E-state index is 6.59. The lowest BCUT2D eigenvalue weighted by molar-refractivity contribution is 0.0626. The van der Waals surface area contributed by atoms with E-state index in [2.05, 4.69) is 13.1 Å². The highest BCUT2D eigenvalue weighted by Crippen LogP contribution is 2.52. The standard InChI is InChI=1S/C16H31ClSi/c1-18(2,17)14-13-16(11-7-4-8-12-16)15-9-5-3-6-10-15/h15H,3-14H2,1-2H3. The van der Waals surface area contributed by atoms with Crippen LogP contribution in [0.3, 0.4) is 0 Å². The molecule has 0 aliphatic heterocycles. The molecule has 0 atom stereocenters. The summed E-state index contributed by atoms with van der Waals surface area (Å²) in [5.74, 6) is 1.04. The molecule has 2 saturated carbocycles. The lowest BCUT2D eigenvalue weighted by Gasteiger charge is -2.46. The van der Waals surface area contributed by atoms with Crippen LogP contribution < -0.4 is 0 Å². The summed E-state index contributed by atoms with van der Waals surface area (Å²) in [5.41, 5.74) is 0.706. The van der Waals surface area contributed by atoms with Gasteiger partial charge in [-0.3, -0.25) is 0 Å². The normalized spacial score (nSPS) is 26.2. The van der Waals surface area contributed by atoms with E-state index < -0.39 is 7.38 Å². The highest BCUT2D eigenvalue weighted by molar-refractivity contribution is 7.19. The van der Waals surface area contributed by atoms with Gasteiger partial charge >= 0.3 is 0 Å². The number of rotatable bonds is 4. The molecule has 2 rings (SSSR count). The molecule has 0 bridgehead atoms. The second-order valence-electron chi connectivity index (χ2n) is 7.48. The van der Waals surface area contributed by atoms with Gasteiger partial charge in [0.15, 0.2) is 7.38 Å². The molecular weight excluding hydrogens is 256 g/mol. The van der Waals surface area contributed by atoms with E-state index in [4.69, 9.17) is 11.1 Å². The molecular formula is C16H31ClSi. The van der Waals surface area contributed by atoms with Crippen molar-refractivity contribution in [2.24, 2.45) is 11.3 Å². The molecule has 0 saturated heterocycles. The highest BCUT2D eigenvalue weighted by atomic mass is 35.6. The van der Waals surface area contributed by atoms with Crippen molar-refractivity contribution < 1.29 is 0 Å². The number of halogens is 1. The van der Waals surface area contributed by atoms with Crippen molar-refractivity contribution in [2.45, 2.75) is 89.8 Å². The highest BCUT2D eigenvalue weighted by Gasteiger charge is 2.40. The Bertz CT molecular complexity index is 244. The Balaban J connectivity index is 2.01. The molecule has 18 heavy (non-hydrogen) atoms. The van der Waals surface area contributed by atoms with E-state index in [9.17, 15) is 0 Å². The van der Waals surface area contributed by atoms with Crippen molar-refractivity contribution in [3.63, 3.8) is 0 Å². The molecule has 0 aromatic carbocycles. The van der Waals surface area contributed by atoms with Crippen molar-refractivity contribution in [1.29, 1.82) is 0 Å². The third-order valence-electron chi connectivity index (χ3n) is 5.54. The van der Waals surface area contributed by atoms with Gasteiger partial charge in [-0.1, -0.05) is 51.6 Å². The van der Waals surface area contributed by atoms with E-state index in [1.54, 1.807) is 0 Å². The van der Waals surface area contributed by atoms with Crippen LogP contribution in [-0.4, -0.2) is 7.38 Å². The molecule has 0 aromatic rings. The fourth-order valence-electron chi connectivity index (χ4n) is 4.38. The molecule has 0 heterocycles. The zero-order chi connectivity index (χ0) is 13.1. The lowest BCUT2D eigenvalue weighted by atomic mass is 9.60. The van der Waals surface area contributed by atoms with Gasteiger partial charge in [0.1, 0.15) is 0 Å². The van der Waals surface area contributed by atoms with Gasteiger partial charge in [0.05, 0.1) is 0 Å². The third kappa shape index (κ3) is 4.00. The van der Waals surface area contributed by atoms with Crippen LogP contribution in [-0.2, 0) is 0 Å². The Labute approximate surface area is 120 Å². The summed E-state index contributed by atoms with van der Waals surface area (Å²) in [6.07, 6.45) is 16.4. The minimum atomic E-state index is -1.38. The van der Waals surface area contributed by atoms with Crippen LogP contribution in [0.15, 0.2) is 0 Å². The summed E-state index contributed by atoms with van der Waals surface area (Å²) < 4.78 is 0. The van der Waals surface area contributed by atoms with Crippen LogP contribution in [0.4, 0.5) is 0 Å². The zero-order valence-corrected chi connectivity index (χ0v) is 14.2. The van der Waals surface area contributed by atoms with Gasteiger partial charge in [0, 0.05) is 0 Å². The van der Waals surface area contributed by atoms with E-state index >= 15 is 0 Å². The van der Waals surface area contributed by atoms with E-state index in [0.717, 1.165) is 5.92 Å². The SMILES string of the molecule is C[Si](C)(Cl)CCC1(C2CCCCC2)CCCCC1. The van der Waals surface area contributed by atoms with Gasteiger partial charge in [-0.2, -0.15) is 11.1 Å². The van der Waals surface area contributed by atoms with Crippen molar-refractivity contribution >= 4 is 18.5 Å². The van der Waals surface area contributed by atoms with Crippen molar-refractivity contribution in [1.82, 2.24) is 0 Å². The molecule has 0 unspecified atom stereocenters. The Morgan fingerprint density at radius 3 is 2.06 bits per heavy atom. The van der Waals surface area contributed by atoms with Crippen LogP contribution in [0.25, 0.3) is 0 Å². The maximum Gasteiger partial charge on any atom is 0.150 e. The molecule has 0 aromatic heterocycles. The van der Waals surface area contributed by atoms with Crippen molar-refractivity contribution in [3.05, 3.63) is 0 Å². The summed E-state index contributed by atoms with van der Waals surface area (Å²) >= 11 is 6.59. The second kappa shape index (κ2) is 6.30. The second-order valence-corrected chi connectivity index (χ2v) is 14.5. The molecule has 2 heteroatoms. The average molecular weight is 287 g/mol. The molecule has 0 radical (unpaired) electrons. The predicted molar refractivity (Wildman–Crippen MR) is 84.9 cm³/mol. The fourth-order valence-corrected chi connectivity index (χ4v) is 5.76. The minimum absolute atomic E-state index is 0.706. The van der Waals surface area contributed by atoms with Gasteiger partial charge in [-0.25, -0.2) is 0 Å². The van der Waals surface area contributed by atoms with E-state index in [0.29, 0.717) is 5.41 Å². The van der Waals surface area contributed by atoms with Crippen LogP contribution in [0.2, 0.25) is 19.1 Å². The van der Waals surface area contributed by atoms with Gasteiger partial charge in [0.2, 0.25) is 0 Å². The molecule has 0 amide bonds. The van der Waals surface area contributed by atoms with Crippen LogP contribution in [0, 0.1) is 11.3 Å². The van der Waals surface area contributed by atoms with Crippen LogP contribution >= 0.6 is 11.1 Å².